The summed E-state index contributed by atoms with van der Waals surface area (Å²) in [6.45, 7) is 3.53. The molecule has 0 bridgehead atoms. The van der Waals surface area contributed by atoms with Crippen LogP contribution in [0, 0.1) is 0 Å². The Morgan fingerprint density at radius 1 is 1.10 bits per heavy atom. The molecular formula is C23H27FN4OS2. The minimum atomic E-state index is -0.876. The summed E-state index contributed by atoms with van der Waals surface area (Å²) < 4.78 is 15.1. The van der Waals surface area contributed by atoms with Crippen LogP contribution in [0.25, 0.3) is 0 Å². The molecule has 1 unspecified atom stereocenters. The number of anilines is 1. The molecule has 3 N–H and O–H groups in total. The zero-order chi connectivity index (χ0) is 21.6. The summed E-state index contributed by atoms with van der Waals surface area (Å²) >= 11 is 1.60. The van der Waals surface area contributed by atoms with Gasteiger partial charge in [0.05, 0.1) is 5.60 Å². The van der Waals surface area contributed by atoms with Crippen LogP contribution in [0.3, 0.4) is 0 Å². The monoisotopic (exact) mass is 458 g/mol. The van der Waals surface area contributed by atoms with Crippen LogP contribution in [0.1, 0.15) is 54.5 Å². The molecule has 0 radical (unpaired) electrons. The number of halogens is 1. The van der Waals surface area contributed by atoms with E-state index >= 15 is 0 Å². The van der Waals surface area contributed by atoms with Gasteiger partial charge in [-0.1, -0.05) is 34.4 Å². The van der Waals surface area contributed by atoms with Crippen LogP contribution in [0.2, 0.25) is 0 Å². The first-order valence-corrected chi connectivity index (χ1v) is 12.3. The standard InChI is InChI=1S/C23H27FN4OS2/c1-23(2,29)16-9-11-17(12-10-16)30-22-26-21(28(27-22)31-24)25-20-18-7-3-5-14(18)13-15-6-4-8-19(15)20/h9-13,21,25,29H,3-8H2,1-2H3,(H,26,27). The number of benzene rings is 2. The van der Waals surface area contributed by atoms with E-state index in [2.05, 4.69) is 16.8 Å². The number of hydrazine groups is 1. The Balaban J connectivity index is 1.37. The van der Waals surface area contributed by atoms with Crippen molar-refractivity contribution >= 4 is 35.0 Å². The third-order valence-electron chi connectivity index (χ3n) is 6.26. The van der Waals surface area contributed by atoms with Crippen molar-refractivity contribution in [1.82, 2.24) is 9.84 Å². The summed E-state index contributed by atoms with van der Waals surface area (Å²) in [5, 5.41) is 14.3. The quantitative estimate of drug-likeness (QED) is 0.543. The largest absolute Gasteiger partial charge is 0.386 e. The molecular weight excluding hydrogens is 431 g/mol. The maximum absolute atomic E-state index is 13.7. The van der Waals surface area contributed by atoms with Crippen molar-refractivity contribution in [3.8, 4) is 0 Å². The highest BCUT2D eigenvalue weighted by Gasteiger charge is 2.31. The molecule has 1 aliphatic heterocycles. The number of amidine groups is 1. The molecule has 0 saturated heterocycles. The molecule has 0 amide bonds. The predicted octanol–water partition coefficient (Wildman–Crippen LogP) is 5.09. The Morgan fingerprint density at radius 3 is 2.32 bits per heavy atom. The van der Waals surface area contributed by atoms with Crippen LogP contribution in [0.5, 0.6) is 0 Å². The van der Waals surface area contributed by atoms with Gasteiger partial charge in [-0.25, -0.2) is 4.99 Å². The number of aliphatic hydroxyl groups is 1. The highest BCUT2D eigenvalue weighted by Crippen LogP contribution is 2.40. The van der Waals surface area contributed by atoms with Crippen molar-refractivity contribution in [2.75, 3.05) is 5.32 Å². The number of hydrogen-bond donors (Lipinski definition) is 3. The normalized spacial score (nSPS) is 20.4. The fourth-order valence-electron chi connectivity index (χ4n) is 4.70. The third-order valence-corrected chi connectivity index (χ3v) is 7.60. The lowest BCUT2D eigenvalue weighted by Crippen LogP contribution is -2.38. The Morgan fingerprint density at radius 2 is 1.74 bits per heavy atom. The first-order valence-electron chi connectivity index (χ1n) is 10.8. The van der Waals surface area contributed by atoms with Gasteiger partial charge in [-0.3, -0.25) is 5.43 Å². The molecule has 31 heavy (non-hydrogen) atoms. The van der Waals surface area contributed by atoms with Gasteiger partial charge in [0.2, 0.25) is 6.29 Å². The SMILES string of the molecule is CC(C)(O)c1ccc(SC2=NC(Nc3c4c(cc5c3CCC5)CCC4)N(SF)N2)cc1. The topological polar surface area (TPSA) is 59.9 Å². The van der Waals surface area contributed by atoms with E-state index in [1.54, 1.807) is 13.8 Å². The molecule has 8 heteroatoms. The van der Waals surface area contributed by atoms with Crippen molar-refractivity contribution in [3.05, 3.63) is 58.1 Å². The number of thioether (sulfide) groups is 1. The number of aryl methyl sites for hydroxylation is 2. The Hall–Kier alpha value is -1.74. The Labute approximate surface area is 191 Å². The van der Waals surface area contributed by atoms with Crippen LogP contribution in [-0.2, 0) is 31.3 Å². The molecule has 164 valence electrons. The van der Waals surface area contributed by atoms with E-state index in [-0.39, 0.29) is 12.3 Å². The Kier molecular flexibility index (Phi) is 5.66. The minimum Gasteiger partial charge on any atom is -0.386 e. The molecule has 5 nitrogen and oxygen atoms in total. The Bertz CT molecular complexity index is 987. The van der Waals surface area contributed by atoms with Crippen molar-refractivity contribution in [1.29, 1.82) is 0 Å². The van der Waals surface area contributed by atoms with E-state index in [1.165, 1.54) is 57.0 Å². The molecule has 0 fully saturated rings. The van der Waals surface area contributed by atoms with Crippen molar-refractivity contribution in [3.63, 3.8) is 0 Å². The van der Waals surface area contributed by atoms with E-state index in [0.29, 0.717) is 5.17 Å². The first-order chi connectivity index (χ1) is 14.9. The van der Waals surface area contributed by atoms with Gasteiger partial charge in [-0.2, -0.15) is 0 Å². The highest BCUT2D eigenvalue weighted by atomic mass is 32.2. The molecule has 1 heterocycles. The van der Waals surface area contributed by atoms with Gasteiger partial charge >= 0.3 is 0 Å². The fraction of sp³-hybridized carbons (Fsp3) is 0.435. The van der Waals surface area contributed by atoms with Gasteiger partial charge in [0.1, 0.15) is 0 Å². The third kappa shape index (κ3) is 4.18. The van der Waals surface area contributed by atoms with Crippen LogP contribution in [0.4, 0.5) is 9.57 Å². The number of hydrogen-bond acceptors (Lipinski definition) is 7. The molecule has 3 aliphatic rings. The number of aliphatic imine (C=N–C) groups is 1. The van der Waals surface area contributed by atoms with Gasteiger partial charge in [0, 0.05) is 10.6 Å². The second-order valence-electron chi connectivity index (χ2n) is 8.88. The smallest absolute Gasteiger partial charge is 0.208 e. The van der Waals surface area contributed by atoms with Gasteiger partial charge < -0.3 is 10.4 Å². The molecule has 0 spiro atoms. The average molecular weight is 459 g/mol. The van der Waals surface area contributed by atoms with Crippen molar-refractivity contribution in [2.24, 2.45) is 4.99 Å². The molecule has 5 rings (SSSR count). The molecule has 1 atom stereocenters. The summed E-state index contributed by atoms with van der Waals surface area (Å²) in [7, 11) is 0. The summed E-state index contributed by atoms with van der Waals surface area (Å²) in [5.41, 5.74) is 9.89. The summed E-state index contributed by atoms with van der Waals surface area (Å²) in [6.07, 6.45) is 6.27. The predicted molar refractivity (Wildman–Crippen MR) is 127 cm³/mol. The van der Waals surface area contributed by atoms with Gasteiger partial charge in [-0.05, 0) is 92.3 Å². The number of nitrogens with zero attached hydrogens (tertiary/aromatic N) is 2. The lowest BCUT2D eigenvalue weighted by molar-refractivity contribution is 0.0785. The van der Waals surface area contributed by atoms with Gasteiger partial charge in [0.25, 0.3) is 0 Å². The first kappa shape index (κ1) is 21.1. The lowest BCUT2D eigenvalue weighted by atomic mass is 9.99. The summed E-state index contributed by atoms with van der Waals surface area (Å²) in [6, 6.07) is 10.1. The van der Waals surface area contributed by atoms with Gasteiger partial charge in [0.15, 0.2) is 17.5 Å². The summed E-state index contributed by atoms with van der Waals surface area (Å²) in [4.78, 5) is 5.70. The molecule has 0 aromatic heterocycles. The van der Waals surface area contributed by atoms with Crippen molar-refractivity contribution in [2.45, 2.75) is 69.2 Å². The second kappa shape index (κ2) is 8.31. The van der Waals surface area contributed by atoms with E-state index in [9.17, 15) is 8.99 Å². The van der Waals surface area contributed by atoms with Crippen LogP contribution in [0.15, 0.2) is 40.2 Å². The number of nitrogens with one attached hydrogen (secondary N) is 2. The van der Waals surface area contributed by atoms with Crippen LogP contribution in [-0.4, -0.2) is 21.0 Å². The number of rotatable bonds is 5. The van der Waals surface area contributed by atoms with E-state index in [0.717, 1.165) is 36.1 Å². The van der Waals surface area contributed by atoms with E-state index < -0.39 is 11.9 Å². The van der Waals surface area contributed by atoms with Crippen LogP contribution < -0.4 is 10.7 Å². The highest BCUT2D eigenvalue weighted by molar-refractivity contribution is 8.14. The van der Waals surface area contributed by atoms with Gasteiger partial charge in [-0.15, -0.1) is 3.89 Å². The maximum Gasteiger partial charge on any atom is 0.208 e. The fourth-order valence-corrected chi connectivity index (χ4v) is 5.85. The maximum atomic E-state index is 13.7. The van der Waals surface area contributed by atoms with E-state index in [4.69, 9.17) is 4.99 Å². The summed E-state index contributed by atoms with van der Waals surface area (Å²) in [5.74, 6) is 0. The number of fused-ring (bicyclic) bond motifs is 2. The zero-order valence-corrected chi connectivity index (χ0v) is 19.4. The lowest BCUT2D eigenvalue weighted by Gasteiger charge is -2.23. The van der Waals surface area contributed by atoms with Crippen molar-refractivity contribution < 1.29 is 8.99 Å². The molecule has 2 aliphatic carbocycles. The second-order valence-corrected chi connectivity index (χ2v) is 10.5. The molecule has 0 saturated carbocycles. The molecule has 2 aromatic rings. The molecule has 2 aromatic carbocycles. The zero-order valence-electron chi connectivity index (χ0n) is 17.7. The average Bonchev–Trinajstić information content (AvgIpc) is 3.47. The minimum absolute atomic E-state index is 0.145. The van der Waals surface area contributed by atoms with Crippen LogP contribution >= 0.6 is 24.1 Å². The van der Waals surface area contributed by atoms with E-state index in [1.807, 2.05) is 24.3 Å².